The van der Waals surface area contributed by atoms with E-state index in [1.807, 2.05) is 13.8 Å². The number of rotatable bonds is 1. The van der Waals surface area contributed by atoms with Gasteiger partial charge in [0.1, 0.15) is 5.75 Å². The quantitative estimate of drug-likeness (QED) is 0.810. The summed E-state index contributed by atoms with van der Waals surface area (Å²) in [5.74, 6) is -2.74. The molecule has 0 spiro atoms. The molecular weight excluding hydrogens is 299 g/mol. The van der Waals surface area contributed by atoms with Crippen molar-refractivity contribution in [2.24, 2.45) is 0 Å². The van der Waals surface area contributed by atoms with Crippen LogP contribution in [0.2, 0.25) is 0 Å². The van der Waals surface area contributed by atoms with E-state index < -0.39 is 23.3 Å². The van der Waals surface area contributed by atoms with Gasteiger partial charge < -0.3 is 10.0 Å². The van der Waals surface area contributed by atoms with Gasteiger partial charge in [-0.05, 0) is 36.5 Å². The fourth-order valence-electron chi connectivity index (χ4n) is 2.63. The number of phenolic OH excluding ortho intramolecular Hbond substituents is 1. The van der Waals surface area contributed by atoms with E-state index in [2.05, 4.69) is 0 Å². The zero-order valence-electron chi connectivity index (χ0n) is 12.4. The topological polar surface area (TPSA) is 57.6 Å². The second-order valence-corrected chi connectivity index (χ2v) is 6.03. The molecule has 0 atom stereocenters. The highest BCUT2D eigenvalue weighted by molar-refractivity contribution is 6.02. The third-order valence-corrected chi connectivity index (χ3v) is 3.96. The Morgan fingerprint density at radius 2 is 1.86 bits per heavy atom. The molecule has 0 unspecified atom stereocenters. The number of nitrogens with zero attached hydrogens (tertiary/aromatic N) is 1. The van der Waals surface area contributed by atoms with Gasteiger partial charge in [-0.2, -0.15) is 13.2 Å². The minimum atomic E-state index is -4.99. The van der Waals surface area contributed by atoms with Crippen LogP contribution < -0.4 is 4.90 Å². The molecule has 22 heavy (non-hydrogen) atoms. The third kappa shape index (κ3) is 2.67. The van der Waals surface area contributed by atoms with Crippen LogP contribution in [0, 0.1) is 0 Å². The Labute approximate surface area is 125 Å². The number of Topliss-reactive ketones (excluding diaryl/α,β-unsaturated/α-hetero) is 1. The van der Waals surface area contributed by atoms with E-state index in [-0.39, 0.29) is 23.5 Å². The van der Waals surface area contributed by atoms with Gasteiger partial charge in [0, 0.05) is 12.2 Å². The lowest BCUT2D eigenvalue weighted by Gasteiger charge is -2.39. The standard InChI is InChI=1S/C15H16F3NO3/c1-8(20)9-6-11-10(7-12(9)21)14(2,3)4-5-19(11)13(22)15(16,17)18/h6-7,21H,4-5H2,1-3H3. The maximum absolute atomic E-state index is 12.8. The predicted molar refractivity (Wildman–Crippen MR) is 74.2 cm³/mol. The number of aromatic hydroxyl groups is 1. The third-order valence-electron chi connectivity index (χ3n) is 3.96. The van der Waals surface area contributed by atoms with Gasteiger partial charge in [-0.15, -0.1) is 0 Å². The van der Waals surface area contributed by atoms with Crippen LogP contribution >= 0.6 is 0 Å². The number of fused-ring (bicyclic) bond motifs is 1. The van der Waals surface area contributed by atoms with Crippen molar-refractivity contribution in [1.29, 1.82) is 0 Å². The van der Waals surface area contributed by atoms with Crippen molar-refractivity contribution in [2.75, 3.05) is 11.4 Å². The van der Waals surface area contributed by atoms with Gasteiger partial charge in [-0.1, -0.05) is 13.8 Å². The number of carbonyl (C=O) groups excluding carboxylic acids is 2. The Kier molecular flexibility index (Phi) is 3.71. The van der Waals surface area contributed by atoms with Crippen LogP contribution in [-0.4, -0.2) is 29.5 Å². The Morgan fingerprint density at radius 3 is 2.36 bits per heavy atom. The summed E-state index contributed by atoms with van der Waals surface area (Å²) < 4.78 is 38.3. The number of anilines is 1. The highest BCUT2D eigenvalue weighted by Gasteiger charge is 2.46. The molecule has 1 aliphatic rings. The van der Waals surface area contributed by atoms with E-state index >= 15 is 0 Å². The molecule has 1 aromatic carbocycles. The monoisotopic (exact) mass is 315 g/mol. The van der Waals surface area contributed by atoms with Gasteiger partial charge in [-0.3, -0.25) is 9.59 Å². The van der Waals surface area contributed by atoms with Gasteiger partial charge in [-0.25, -0.2) is 0 Å². The molecule has 120 valence electrons. The van der Waals surface area contributed by atoms with Crippen molar-refractivity contribution in [3.8, 4) is 5.75 Å². The first-order valence-electron chi connectivity index (χ1n) is 6.72. The number of benzene rings is 1. The lowest BCUT2D eigenvalue weighted by Crippen LogP contribution is -2.47. The zero-order valence-corrected chi connectivity index (χ0v) is 12.4. The van der Waals surface area contributed by atoms with Gasteiger partial charge in [0.15, 0.2) is 5.78 Å². The first-order chi connectivity index (χ1) is 9.95. The van der Waals surface area contributed by atoms with Gasteiger partial charge in [0.25, 0.3) is 0 Å². The summed E-state index contributed by atoms with van der Waals surface area (Å²) >= 11 is 0. The molecule has 0 radical (unpaired) electrons. The summed E-state index contributed by atoms with van der Waals surface area (Å²) in [4.78, 5) is 23.7. The second kappa shape index (κ2) is 5.00. The maximum atomic E-state index is 12.8. The molecule has 7 heteroatoms. The number of alkyl halides is 3. The first kappa shape index (κ1) is 16.3. The molecule has 1 amide bonds. The molecule has 0 saturated heterocycles. The highest BCUT2D eigenvalue weighted by Crippen LogP contribution is 2.43. The largest absolute Gasteiger partial charge is 0.507 e. The van der Waals surface area contributed by atoms with Crippen LogP contribution in [0.15, 0.2) is 12.1 Å². The molecule has 2 rings (SSSR count). The zero-order chi connectivity index (χ0) is 16.9. The Balaban J connectivity index is 2.66. The normalized spacial score (nSPS) is 17.1. The van der Waals surface area contributed by atoms with Crippen LogP contribution in [-0.2, 0) is 10.2 Å². The summed E-state index contributed by atoms with van der Waals surface area (Å²) in [6.45, 7) is 4.73. The SMILES string of the molecule is CC(=O)c1cc2c(cc1O)C(C)(C)CCN2C(=O)C(F)(F)F. The Hall–Kier alpha value is -2.05. The van der Waals surface area contributed by atoms with Gasteiger partial charge in [0.05, 0.1) is 5.56 Å². The Morgan fingerprint density at radius 1 is 1.27 bits per heavy atom. The van der Waals surface area contributed by atoms with Crippen LogP contribution in [0.5, 0.6) is 5.75 Å². The molecule has 4 nitrogen and oxygen atoms in total. The van der Waals surface area contributed by atoms with E-state index in [4.69, 9.17) is 0 Å². The van der Waals surface area contributed by atoms with Gasteiger partial charge in [0.2, 0.25) is 0 Å². The number of ketones is 1. The van der Waals surface area contributed by atoms with E-state index in [1.165, 1.54) is 13.0 Å². The van der Waals surface area contributed by atoms with Crippen molar-refractivity contribution in [3.05, 3.63) is 23.3 Å². The van der Waals surface area contributed by atoms with Gasteiger partial charge >= 0.3 is 12.1 Å². The summed E-state index contributed by atoms with van der Waals surface area (Å²) in [5.41, 5.74) is -0.165. The molecule has 0 aromatic heterocycles. The lowest BCUT2D eigenvalue weighted by molar-refractivity contribution is -0.170. The molecular formula is C15H16F3NO3. The summed E-state index contributed by atoms with van der Waals surface area (Å²) in [5, 5.41) is 9.91. The summed E-state index contributed by atoms with van der Waals surface area (Å²) in [6, 6.07) is 2.44. The molecule has 0 saturated carbocycles. The Bertz CT molecular complexity index is 650. The lowest BCUT2D eigenvalue weighted by atomic mass is 9.77. The van der Waals surface area contributed by atoms with Crippen molar-refractivity contribution in [3.63, 3.8) is 0 Å². The molecule has 0 bridgehead atoms. The molecule has 1 N–H and O–H groups in total. The van der Waals surface area contributed by atoms with E-state index in [0.717, 1.165) is 6.07 Å². The minimum Gasteiger partial charge on any atom is -0.507 e. The number of hydrogen-bond acceptors (Lipinski definition) is 3. The molecule has 1 heterocycles. The average Bonchev–Trinajstić information content (AvgIpc) is 2.37. The van der Waals surface area contributed by atoms with Crippen molar-refractivity contribution >= 4 is 17.4 Å². The molecule has 0 fully saturated rings. The van der Waals surface area contributed by atoms with Crippen LogP contribution in [0.1, 0.15) is 43.1 Å². The molecule has 0 aliphatic carbocycles. The average molecular weight is 315 g/mol. The number of halogens is 3. The van der Waals surface area contributed by atoms with Crippen molar-refractivity contribution < 1.29 is 27.9 Å². The van der Waals surface area contributed by atoms with Crippen LogP contribution in [0.3, 0.4) is 0 Å². The number of carbonyl (C=O) groups is 2. The number of hydrogen-bond donors (Lipinski definition) is 1. The second-order valence-electron chi connectivity index (χ2n) is 6.03. The van der Waals surface area contributed by atoms with E-state index in [9.17, 15) is 27.9 Å². The smallest absolute Gasteiger partial charge is 0.471 e. The highest BCUT2D eigenvalue weighted by atomic mass is 19.4. The van der Waals surface area contributed by atoms with E-state index in [1.54, 1.807) is 0 Å². The van der Waals surface area contributed by atoms with E-state index in [0.29, 0.717) is 16.9 Å². The fraction of sp³-hybridized carbons (Fsp3) is 0.467. The molecule has 1 aliphatic heterocycles. The maximum Gasteiger partial charge on any atom is 0.471 e. The van der Waals surface area contributed by atoms with Crippen molar-refractivity contribution in [2.45, 2.75) is 38.8 Å². The fourth-order valence-corrected chi connectivity index (χ4v) is 2.63. The number of amides is 1. The number of phenols is 1. The summed E-state index contributed by atoms with van der Waals surface area (Å²) in [6.07, 6.45) is -4.67. The predicted octanol–water partition coefficient (Wildman–Crippen LogP) is 3.17. The van der Waals surface area contributed by atoms with Crippen molar-refractivity contribution in [1.82, 2.24) is 0 Å². The minimum absolute atomic E-state index is 0.0292. The summed E-state index contributed by atoms with van der Waals surface area (Å²) in [7, 11) is 0. The van der Waals surface area contributed by atoms with Crippen LogP contribution in [0.25, 0.3) is 0 Å². The first-order valence-corrected chi connectivity index (χ1v) is 6.72. The molecule has 1 aromatic rings. The van der Waals surface area contributed by atoms with Crippen LogP contribution in [0.4, 0.5) is 18.9 Å².